The number of benzene rings is 1. The molecule has 6 heteroatoms. The summed E-state index contributed by atoms with van der Waals surface area (Å²) in [7, 11) is 0. The maximum absolute atomic E-state index is 12.1. The van der Waals surface area contributed by atoms with Gasteiger partial charge in [0.1, 0.15) is 6.61 Å². The summed E-state index contributed by atoms with van der Waals surface area (Å²) >= 11 is 0. The molecule has 0 radical (unpaired) electrons. The molecule has 1 amide bonds. The average Bonchev–Trinajstić information content (AvgIpc) is 2.42. The lowest BCUT2D eigenvalue weighted by Gasteiger charge is -2.29. The number of fused-ring (bicyclic) bond motifs is 1. The van der Waals surface area contributed by atoms with E-state index in [0.717, 1.165) is 24.1 Å². The van der Waals surface area contributed by atoms with Gasteiger partial charge in [-0.3, -0.25) is 4.79 Å². The first-order valence-corrected chi connectivity index (χ1v) is 6.62. The van der Waals surface area contributed by atoms with Gasteiger partial charge in [-0.1, -0.05) is 6.07 Å². The van der Waals surface area contributed by atoms with Crippen molar-refractivity contribution in [2.45, 2.75) is 25.7 Å². The van der Waals surface area contributed by atoms with Gasteiger partial charge < -0.3 is 15.4 Å². The van der Waals surface area contributed by atoms with E-state index in [1.54, 1.807) is 11.0 Å². The molecule has 0 spiro atoms. The maximum Gasteiger partial charge on any atom is 0.261 e. The van der Waals surface area contributed by atoms with E-state index >= 15 is 0 Å². The molecular weight excluding hydrogens is 266 g/mol. The summed E-state index contributed by atoms with van der Waals surface area (Å²) in [6, 6.07) is 5.53. The van der Waals surface area contributed by atoms with Crippen LogP contribution < -0.4 is 10.6 Å². The fourth-order valence-corrected chi connectivity index (χ4v) is 2.32. The second kappa shape index (κ2) is 6.65. The van der Waals surface area contributed by atoms with Crippen LogP contribution in [0, 0.1) is 0 Å². The molecule has 1 heterocycles. The highest BCUT2D eigenvalue weighted by molar-refractivity contribution is 5.95. The minimum absolute atomic E-state index is 0.0112. The smallest absolute Gasteiger partial charge is 0.261 e. The Morgan fingerprint density at radius 2 is 2.25 bits per heavy atom. The lowest BCUT2D eigenvalue weighted by atomic mass is 10.0. The van der Waals surface area contributed by atoms with Gasteiger partial charge in [0.25, 0.3) is 6.43 Å². The van der Waals surface area contributed by atoms with Gasteiger partial charge in [-0.25, -0.2) is 8.78 Å². The monoisotopic (exact) mass is 284 g/mol. The molecule has 1 aliphatic rings. The largest absolute Gasteiger partial charge is 0.399 e. The molecule has 20 heavy (non-hydrogen) atoms. The van der Waals surface area contributed by atoms with Gasteiger partial charge in [-0.15, -0.1) is 0 Å². The lowest BCUT2D eigenvalue weighted by Crippen LogP contribution is -2.36. The molecule has 0 atom stereocenters. The van der Waals surface area contributed by atoms with Crippen molar-refractivity contribution >= 4 is 17.3 Å². The molecule has 1 aliphatic heterocycles. The highest BCUT2D eigenvalue weighted by atomic mass is 19.3. The van der Waals surface area contributed by atoms with E-state index in [4.69, 9.17) is 10.5 Å². The fraction of sp³-hybridized carbons (Fsp3) is 0.500. The molecule has 0 fully saturated rings. The van der Waals surface area contributed by atoms with Crippen LogP contribution in [0.2, 0.25) is 0 Å². The molecule has 4 nitrogen and oxygen atoms in total. The number of hydrogen-bond donors (Lipinski definition) is 1. The van der Waals surface area contributed by atoms with Crippen molar-refractivity contribution in [2.24, 2.45) is 0 Å². The summed E-state index contributed by atoms with van der Waals surface area (Å²) in [6.45, 7) is 0.0122. The van der Waals surface area contributed by atoms with Crippen molar-refractivity contribution < 1.29 is 18.3 Å². The number of amides is 1. The Balaban J connectivity index is 1.96. The highest BCUT2D eigenvalue weighted by Crippen LogP contribution is 2.29. The minimum atomic E-state index is -2.50. The third-order valence-corrected chi connectivity index (χ3v) is 3.23. The Morgan fingerprint density at radius 1 is 1.45 bits per heavy atom. The molecule has 0 aromatic heterocycles. The Morgan fingerprint density at radius 3 is 3.00 bits per heavy atom. The van der Waals surface area contributed by atoms with Crippen LogP contribution in [-0.4, -0.2) is 32.1 Å². The number of hydrogen-bond acceptors (Lipinski definition) is 3. The predicted octanol–water partition coefficient (Wildman–Crippen LogP) is 2.22. The van der Waals surface area contributed by atoms with Gasteiger partial charge >= 0.3 is 0 Å². The Kier molecular flexibility index (Phi) is 4.89. The van der Waals surface area contributed by atoms with Crippen molar-refractivity contribution in [3.63, 3.8) is 0 Å². The normalized spacial score (nSPS) is 14.4. The number of carbonyl (C=O) groups excluding carboxylic acids is 1. The van der Waals surface area contributed by atoms with Gasteiger partial charge in [0.15, 0.2) is 0 Å². The molecular formula is C14H18F2N2O2. The second-order valence-corrected chi connectivity index (χ2v) is 4.75. The third kappa shape index (κ3) is 3.66. The number of nitrogens with two attached hydrogens (primary N) is 1. The molecule has 1 aromatic carbocycles. The van der Waals surface area contributed by atoms with Crippen LogP contribution in [0.3, 0.4) is 0 Å². The van der Waals surface area contributed by atoms with Gasteiger partial charge in [-0.2, -0.15) is 0 Å². The van der Waals surface area contributed by atoms with E-state index in [-0.39, 0.29) is 18.9 Å². The number of alkyl halides is 2. The first kappa shape index (κ1) is 14.7. The van der Waals surface area contributed by atoms with Crippen LogP contribution in [0.15, 0.2) is 18.2 Å². The quantitative estimate of drug-likeness (QED) is 0.666. The predicted molar refractivity (Wildman–Crippen MR) is 73.0 cm³/mol. The first-order chi connectivity index (χ1) is 9.58. The fourth-order valence-electron chi connectivity index (χ4n) is 2.32. The van der Waals surface area contributed by atoms with Crippen LogP contribution >= 0.6 is 0 Å². The molecule has 110 valence electrons. The maximum atomic E-state index is 12.1. The lowest BCUT2D eigenvalue weighted by molar-refractivity contribution is -0.120. The third-order valence-electron chi connectivity index (χ3n) is 3.23. The van der Waals surface area contributed by atoms with Crippen molar-refractivity contribution in [1.82, 2.24) is 0 Å². The molecule has 0 saturated carbocycles. The molecule has 0 bridgehead atoms. The average molecular weight is 284 g/mol. The van der Waals surface area contributed by atoms with Crippen LogP contribution in [0.1, 0.15) is 18.4 Å². The topological polar surface area (TPSA) is 55.6 Å². The summed E-state index contributed by atoms with van der Waals surface area (Å²) in [5, 5.41) is 0. The van der Waals surface area contributed by atoms with E-state index < -0.39 is 13.0 Å². The number of halogens is 2. The standard InChI is InChI=1S/C14H18F2N2O2/c15-13(16)9-20-7-5-14(19)18-6-1-2-10-3-4-11(17)8-12(10)18/h3-4,8,13H,1-2,5-7,9,17H2. The van der Waals surface area contributed by atoms with E-state index in [1.807, 2.05) is 12.1 Å². The number of nitrogens with zero attached hydrogens (tertiary/aromatic N) is 1. The van der Waals surface area contributed by atoms with Gasteiger partial charge in [0, 0.05) is 17.9 Å². The van der Waals surface area contributed by atoms with E-state index in [2.05, 4.69) is 0 Å². The number of anilines is 2. The minimum Gasteiger partial charge on any atom is -0.399 e. The zero-order valence-corrected chi connectivity index (χ0v) is 11.1. The SMILES string of the molecule is Nc1ccc2c(c1)N(C(=O)CCOCC(F)F)CCC2. The number of rotatable bonds is 5. The molecule has 0 aliphatic carbocycles. The number of nitrogen functional groups attached to an aromatic ring is 1. The Labute approximate surface area is 116 Å². The van der Waals surface area contributed by atoms with Crippen molar-refractivity contribution in [1.29, 1.82) is 0 Å². The van der Waals surface area contributed by atoms with E-state index in [1.165, 1.54) is 0 Å². The zero-order valence-electron chi connectivity index (χ0n) is 11.1. The molecule has 2 N–H and O–H groups in total. The summed E-state index contributed by atoms with van der Waals surface area (Å²) < 4.78 is 28.6. The summed E-state index contributed by atoms with van der Waals surface area (Å²) in [6.07, 6.45) is -0.594. The van der Waals surface area contributed by atoms with Crippen molar-refractivity contribution in [2.75, 3.05) is 30.4 Å². The van der Waals surface area contributed by atoms with Gasteiger partial charge in [0.05, 0.1) is 13.0 Å². The first-order valence-electron chi connectivity index (χ1n) is 6.62. The van der Waals surface area contributed by atoms with Crippen LogP contribution in [0.25, 0.3) is 0 Å². The number of ether oxygens (including phenoxy) is 1. The number of aryl methyl sites for hydroxylation is 1. The van der Waals surface area contributed by atoms with E-state index in [0.29, 0.717) is 12.2 Å². The van der Waals surface area contributed by atoms with Gasteiger partial charge in [-0.05, 0) is 30.5 Å². The van der Waals surface area contributed by atoms with Crippen molar-refractivity contribution in [3.8, 4) is 0 Å². The second-order valence-electron chi connectivity index (χ2n) is 4.75. The highest BCUT2D eigenvalue weighted by Gasteiger charge is 2.22. The molecule has 0 unspecified atom stereocenters. The molecule has 2 rings (SSSR count). The Bertz CT molecular complexity index is 480. The van der Waals surface area contributed by atoms with Crippen molar-refractivity contribution in [3.05, 3.63) is 23.8 Å². The summed E-state index contributed by atoms with van der Waals surface area (Å²) in [5.41, 5.74) is 8.28. The van der Waals surface area contributed by atoms with Crippen LogP contribution in [-0.2, 0) is 16.0 Å². The molecule has 1 aromatic rings. The summed E-state index contributed by atoms with van der Waals surface area (Å²) in [5.74, 6) is -0.120. The van der Waals surface area contributed by atoms with E-state index in [9.17, 15) is 13.6 Å². The van der Waals surface area contributed by atoms with Gasteiger partial charge in [0.2, 0.25) is 5.91 Å². The summed E-state index contributed by atoms with van der Waals surface area (Å²) in [4.78, 5) is 13.8. The Hall–Kier alpha value is -1.69. The number of carbonyl (C=O) groups is 1. The molecule has 0 saturated heterocycles. The van der Waals surface area contributed by atoms with Crippen LogP contribution in [0.4, 0.5) is 20.2 Å². The zero-order chi connectivity index (χ0) is 14.5. The van der Waals surface area contributed by atoms with Crippen LogP contribution in [0.5, 0.6) is 0 Å².